The van der Waals surface area contributed by atoms with Crippen LogP contribution in [0.1, 0.15) is 25.3 Å². The zero-order valence-electron chi connectivity index (χ0n) is 17.5. The molecule has 0 spiro atoms. The number of nitrogens with zero attached hydrogens (tertiary/aromatic N) is 3. The van der Waals surface area contributed by atoms with Crippen molar-refractivity contribution in [2.45, 2.75) is 31.8 Å². The number of hydrogen-bond donors (Lipinski definition) is 2. The first-order valence-electron chi connectivity index (χ1n) is 10.3. The van der Waals surface area contributed by atoms with Crippen molar-refractivity contribution in [2.24, 2.45) is 4.99 Å². The number of guanidine groups is 1. The fraction of sp³-hybridized carbons (Fsp3) is 0.619. The largest absolute Gasteiger partial charge is 0.388 e. The van der Waals surface area contributed by atoms with Gasteiger partial charge in [-0.25, -0.2) is 0 Å². The molecule has 168 valence electrons. The van der Waals surface area contributed by atoms with E-state index in [9.17, 15) is 9.90 Å². The molecule has 1 aromatic rings. The van der Waals surface area contributed by atoms with E-state index in [1.54, 1.807) is 0 Å². The first-order chi connectivity index (χ1) is 14.0. The lowest BCUT2D eigenvalue weighted by Crippen LogP contribution is -2.54. The van der Waals surface area contributed by atoms with Crippen molar-refractivity contribution in [3.63, 3.8) is 0 Å². The first kappa shape index (κ1) is 25.2. The number of carbonyl (C=O) groups is 1. The standard InChI is InChI=1S/C21H31ClN4O3.HI/c1-2-23-20(24-16-21(28)6-12-29-13-7-21)26-10-8-25(9-11-26)19(27)15-17-4-3-5-18(22)14-17;/h3-5,14,28H,2,6-13,15-16H2,1H3,(H,23,24);1H. The number of ether oxygens (including phenoxy) is 1. The summed E-state index contributed by atoms with van der Waals surface area (Å²) in [6.45, 7) is 7.06. The predicted molar refractivity (Wildman–Crippen MR) is 130 cm³/mol. The number of halogens is 2. The van der Waals surface area contributed by atoms with Crippen LogP contribution in [0.5, 0.6) is 0 Å². The Kier molecular flexibility index (Phi) is 10.1. The third-order valence-electron chi connectivity index (χ3n) is 5.46. The van der Waals surface area contributed by atoms with Crippen LogP contribution < -0.4 is 5.32 Å². The van der Waals surface area contributed by atoms with Crippen LogP contribution in [-0.2, 0) is 16.0 Å². The highest BCUT2D eigenvalue weighted by molar-refractivity contribution is 14.0. The van der Waals surface area contributed by atoms with Gasteiger partial charge in [0, 0.05) is 63.8 Å². The third kappa shape index (κ3) is 7.25. The molecule has 30 heavy (non-hydrogen) atoms. The van der Waals surface area contributed by atoms with Gasteiger partial charge in [-0.05, 0) is 24.6 Å². The van der Waals surface area contributed by atoms with E-state index in [1.165, 1.54) is 0 Å². The highest BCUT2D eigenvalue weighted by Crippen LogP contribution is 2.21. The van der Waals surface area contributed by atoms with Gasteiger partial charge in [0.1, 0.15) is 0 Å². The Hall–Kier alpha value is -1.10. The SMILES string of the molecule is CCNC(=NCC1(O)CCOCC1)N1CCN(C(=O)Cc2cccc(Cl)c2)CC1.I. The molecule has 3 rings (SSSR count). The number of carbonyl (C=O) groups excluding carboxylic acids is 1. The van der Waals surface area contributed by atoms with E-state index in [0.29, 0.717) is 70.2 Å². The molecule has 0 aromatic heterocycles. The number of aliphatic imine (C=N–C) groups is 1. The second kappa shape index (κ2) is 12.1. The normalized spacial score (nSPS) is 19.2. The van der Waals surface area contributed by atoms with Crippen molar-refractivity contribution in [2.75, 3.05) is 52.5 Å². The number of nitrogens with one attached hydrogen (secondary N) is 1. The van der Waals surface area contributed by atoms with Gasteiger partial charge in [-0.3, -0.25) is 9.79 Å². The van der Waals surface area contributed by atoms with Gasteiger partial charge in [0.15, 0.2) is 5.96 Å². The molecule has 7 nitrogen and oxygen atoms in total. The molecule has 2 heterocycles. The van der Waals surface area contributed by atoms with E-state index in [4.69, 9.17) is 16.3 Å². The molecule has 0 saturated carbocycles. The summed E-state index contributed by atoms with van der Waals surface area (Å²) in [5.74, 6) is 0.916. The highest BCUT2D eigenvalue weighted by Gasteiger charge is 2.30. The number of aliphatic hydroxyl groups is 1. The summed E-state index contributed by atoms with van der Waals surface area (Å²) in [4.78, 5) is 21.4. The van der Waals surface area contributed by atoms with Crippen molar-refractivity contribution < 1.29 is 14.6 Å². The van der Waals surface area contributed by atoms with Crippen LogP contribution in [0, 0.1) is 0 Å². The minimum Gasteiger partial charge on any atom is -0.388 e. The van der Waals surface area contributed by atoms with E-state index in [-0.39, 0.29) is 29.9 Å². The average molecular weight is 551 g/mol. The lowest BCUT2D eigenvalue weighted by atomic mass is 9.95. The molecule has 0 aliphatic carbocycles. The van der Waals surface area contributed by atoms with E-state index in [0.717, 1.165) is 18.1 Å². The molecule has 2 aliphatic rings. The van der Waals surface area contributed by atoms with Crippen molar-refractivity contribution in [1.29, 1.82) is 0 Å². The maximum Gasteiger partial charge on any atom is 0.227 e. The monoisotopic (exact) mass is 550 g/mol. The molecule has 2 N–H and O–H groups in total. The average Bonchev–Trinajstić information content (AvgIpc) is 2.72. The summed E-state index contributed by atoms with van der Waals surface area (Å²) in [5, 5.41) is 14.6. The van der Waals surface area contributed by atoms with Crippen molar-refractivity contribution in [3.05, 3.63) is 34.9 Å². The first-order valence-corrected chi connectivity index (χ1v) is 10.7. The predicted octanol–water partition coefficient (Wildman–Crippen LogP) is 2.15. The van der Waals surface area contributed by atoms with Gasteiger partial charge in [-0.15, -0.1) is 24.0 Å². The summed E-state index contributed by atoms with van der Waals surface area (Å²) in [6, 6.07) is 7.45. The van der Waals surface area contributed by atoms with Gasteiger partial charge in [0.05, 0.1) is 18.6 Å². The summed E-state index contributed by atoms with van der Waals surface area (Å²) in [5.41, 5.74) is 0.151. The molecule has 0 atom stereocenters. The molecule has 0 bridgehead atoms. The van der Waals surface area contributed by atoms with Gasteiger partial charge in [-0.1, -0.05) is 23.7 Å². The molecule has 2 saturated heterocycles. The summed E-state index contributed by atoms with van der Waals surface area (Å²) in [6.07, 6.45) is 1.59. The Morgan fingerprint density at radius 2 is 1.90 bits per heavy atom. The molecule has 2 aliphatic heterocycles. The number of hydrogen-bond acceptors (Lipinski definition) is 4. The minimum atomic E-state index is -0.784. The Morgan fingerprint density at radius 3 is 2.53 bits per heavy atom. The smallest absolute Gasteiger partial charge is 0.227 e. The quantitative estimate of drug-likeness (QED) is 0.334. The Balaban J connectivity index is 0.00000320. The third-order valence-corrected chi connectivity index (χ3v) is 5.69. The number of rotatable bonds is 5. The fourth-order valence-electron chi connectivity index (χ4n) is 3.66. The van der Waals surface area contributed by atoms with Crippen molar-refractivity contribution >= 4 is 47.4 Å². The molecule has 2 fully saturated rings. The summed E-state index contributed by atoms with van der Waals surface area (Å²) in [7, 11) is 0. The molecule has 1 amide bonds. The van der Waals surface area contributed by atoms with E-state index >= 15 is 0 Å². The number of benzene rings is 1. The molecule has 1 aromatic carbocycles. The zero-order valence-corrected chi connectivity index (χ0v) is 20.6. The molecule has 0 unspecified atom stereocenters. The maximum absolute atomic E-state index is 12.6. The van der Waals surface area contributed by atoms with Gasteiger partial charge >= 0.3 is 0 Å². The van der Waals surface area contributed by atoms with Crippen LogP contribution in [0.3, 0.4) is 0 Å². The maximum atomic E-state index is 12.6. The highest BCUT2D eigenvalue weighted by atomic mass is 127. The molecule has 0 radical (unpaired) electrons. The summed E-state index contributed by atoms with van der Waals surface area (Å²) < 4.78 is 5.34. The van der Waals surface area contributed by atoms with Gasteiger partial charge < -0.3 is 25.0 Å². The van der Waals surface area contributed by atoms with Crippen LogP contribution in [-0.4, -0.2) is 84.9 Å². The number of amides is 1. The lowest BCUT2D eigenvalue weighted by molar-refractivity contribution is -0.131. The van der Waals surface area contributed by atoms with Crippen LogP contribution in [0.2, 0.25) is 5.02 Å². The van der Waals surface area contributed by atoms with E-state index in [1.807, 2.05) is 36.1 Å². The number of piperazine rings is 1. The van der Waals surface area contributed by atoms with Crippen LogP contribution in [0.15, 0.2) is 29.3 Å². The Bertz CT molecular complexity index is 720. The van der Waals surface area contributed by atoms with Crippen LogP contribution >= 0.6 is 35.6 Å². The lowest BCUT2D eigenvalue weighted by Gasteiger charge is -2.37. The second-order valence-electron chi connectivity index (χ2n) is 7.68. The molecule has 9 heteroatoms. The molecular weight excluding hydrogens is 519 g/mol. The van der Waals surface area contributed by atoms with Crippen LogP contribution in [0.4, 0.5) is 0 Å². The van der Waals surface area contributed by atoms with Gasteiger partial charge in [0.25, 0.3) is 0 Å². The molecular formula is C21H32ClIN4O3. The zero-order chi connectivity index (χ0) is 20.7. The second-order valence-corrected chi connectivity index (χ2v) is 8.12. The van der Waals surface area contributed by atoms with Gasteiger partial charge in [-0.2, -0.15) is 0 Å². The van der Waals surface area contributed by atoms with E-state index in [2.05, 4.69) is 15.2 Å². The van der Waals surface area contributed by atoms with Crippen molar-refractivity contribution in [1.82, 2.24) is 15.1 Å². The van der Waals surface area contributed by atoms with E-state index < -0.39 is 5.60 Å². The topological polar surface area (TPSA) is 77.4 Å². The Morgan fingerprint density at radius 1 is 1.23 bits per heavy atom. The van der Waals surface area contributed by atoms with Crippen LogP contribution in [0.25, 0.3) is 0 Å². The Labute approximate surface area is 200 Å². The fourth-order valence-corrected chi connectivity index (χ4v) is 3.87. The summed E-state index contributed by atoms with van der Waals surface area (Å²) >= 11 is 6.02. The minimum absolute atomic E-state index is 0. The van der Waals surface area contributed by atoms with Gasteiger partial charge in [0.2, 0.25) is 5.91 Å². The van der Waals surface area contributed by atoms with Crippen molar-refractivity contribution in [3.8, 4) is 0 Å².